The molecule has 2 heterocycles. The van der Waals surface area contributed by atoms with Crippen LogP contribution in [0.3, 0.4) is 0 Å². The van der Waals surface area contributed by atoms with Gasteiger partial charge in [-0.15, -0.1) is 5.10 Å². The highest BCUT2D eigenvalue weighted by molar-refractivity contribution is 5.29. The van der Waals surface area contributed by atoms with E-state index in [0.717, 1.165) is 11.4 Å². The van der Waals surface area contributed by atoms with Crippen molar-refractivity contribution in [3.8, 4) is 5.69 Å². The Morgan fingerprint density at radius 1 is 1.50 bits per heavy atom. The number of pyridine rings is 1. The van der Waals surface area contributed by atoms with E-state index in [1.165, 1.54) is 6.33 Å². The molecule has 0 aromatic carbocycles. The van der Waals surface area contributed by atoms with Gasteiger partial charge in [-0.1, -0.05) is 0 Å². The Morgan fingerprint density at radius 2 is 2.43 bits per heavy atom. The molecule has 0 aliphatic rings. The van der Waals surface area contributed by atoms with Gasteiger partial charge >= 0.3 is 0 Å². The van der Waals surface area contributed by atoms with E-state index in [-0.39, 0.29) is 0 Å². The molecular formula is C8H9N5O. The minimum atomic E-state index is 0.482. The molecule has 0 atom stereocenters. The molecule has 0 aliphatic carbocycles. The van der Waals surface area contributed by atoms with Gasteiger partial charge in [0, 0.05) is 13.3 Å². The standard InChI is InChI=1S/C8H9N5O/c1-14-5-7-4-8(2-3-9-7)13-6-10-11-12-13/h2-4,6H,5H2,1H3. The van der Waals surface area contributed by atoms with Crippen molar-refractivity contribution in [1.82, 2.24) is 25.2 Å². The van der Waals surface area contributed by atoms with Gasteiger partial charge in [0.05, 0.1) is 18.0 Å². The summed E-state index contributed by atoms with van der Waals surface area (Å²) >= 11 is 0. The maximum atomic E-state index is 4.98. The summed E-state index contributed by atoms with van der Waals surface area (Å²) in [7, 11) is 1.63. The first-order chi connectivity index (χ1) is 6.90. The van der Waals surface area contributed by atoms with Gasteiger partial charge in [0.25, 0.3) is 0 Å². The fourth-order valence-electron chi connectivity index (χ4n) is 1.11. The number of ether oxygens (including phenoxy) is 1. The molecule has 0 radical (unpaired) electrons. The van der Waals surface area contributed by atoms with E-state index < -0.39 is 0 Å². The lowest BCUT2D eigenvalue weighted by atomic mass is 10.3. The molecule has 0 aliphatic heterocycles. The Balaban J connectivity index is 2.31. The van der Waals surface area contributed by atoms with E-state index in [4.69, 9.17) is 4.74 Å². The van der Waals surface area contributed by atoms with E-state index in [0.29, 0.717) is 6.61 Å². The van der Waals surface area contributed by atoms with Crippen LogP contribution in [0, 0.1) is 0 Å². The summed E-state index contributed by atoms with van der Waals surface area (Å²) in [4.78, 5) is 4.13. The van der Waals surface area contributed by atoms with Crippen LogP contribution >= 0.6 is 0 Å². The van der Waals surface area contributed by atoms with Gasteiger partial charge in [-0.25, -0.2) is 4.68 Å². The van der Waals surface area contributed by atoms with Crippen molar-refractivity contribution in [2.75, 3.05) is 7.11 Å². The van der Waals surface area contributed by atoms with Crippen LogP contribution in [0.5, 0.6) is 0 Å². The summed E-state index contributed by atoms with van der Waals surface area (Å²) in [6, 6.07) is 3.70. The third kappa shape index (κ3) is 1.74. The smallest absolute Gasteiger partial charge is 0.143 e. The third-order valence-electron chi connectivity index (χ3n) is 1.71. The Labute approximate surface area is 80.5 Å². The maximum absolute atomic E-state index is 4.98. The maximum Gasteiger partial charge on any atom is 0.143 e. The molecule has 0 fully saturated rings. The molecule has 14 heavy (non-hydrogen) atoms. The Morgan fingerprint density at radius 3 is 3.14 bits per heavy atom. The van der Waals surface area contributed by atoms with Crippen molar-refractivity contribution in [2.45, 2.75) is 6.61 Å². The van der Waals surface area contributed by atoms with Gasteiger partial charge in [-0.05, 0) is 22.6 Å². The van der Waals surface area contributed by atoms with Gasteiger partial charge < -0.3 is 4.74 Å². The molecule has 6 nitrogen and oxygen atoms in total. The molecule has 0 amide bonds. The Bertz CT molecular complexity index is 400. The molecule has 72 valence electrons. The van der Waals surface area contributed by atoms with Crippen LogP contribution in [0.1, 0.15) is 5.69 Å². The first-order valence-corrected chi connectivity index (χ1v) is 4.07. The predicted octanol–water partition coefficient (Wildman–Crippen LogP) is 0.204. The van der Waals surface area contributed by atoms with Crippen molar-refractivity contribution in [1.29, 1.82) is 0 Å². The average molecular weight is 191 g/mol. The fourth-order valence-corrected chi connectivity index (χ4v) is 1.11. The summed E-state index contributed by atoms with van der Waals surface area (Å²) in [5, 5.41) is 10.9. The number of methoxy groups -OCH3 is 1. The predicted molar refractivity (Wildman–Crippen MR) is 47.7 cm³/mol. The molecule has 2 aromatic heterocycles. The number of hydrogen-bond acceptors (Lipinski definition) is 5. The molecule has 6 heteroatoms. The summed E-state index contributed by atoms with van der Waals surface area (Å²) in [5.41, 5.74) is 1.72. The zero-order valence-electron chi connectivity index (χ0n) is 7.66. The van der Waals surface area contributed by atoms with E-state index >= 15 is 0 Å². The van der Waals surface area contributed by atoms with Crippen LogP contribution in [0.15, 0.2) is 24.7 Å². The average Bonchev–Trinajstić information content (AvgIpc) is 2.71. The van der Waals surface area contributed by atoms with Gasteiger partial charge in [0.15, 0.2) is 0 Å². The molecule has 0 saturated heterocycles. The molecule has 0 spiro atoms. The summed E-state index contributed by atoms with van der Waals surface area (Å²) in [5.74, 6) is 0. The lowest BCUT2D eigenvalue weighted by Gasteiger charge is -2.01. The Hall–Kier alpha value is -1.82. The van der Waals surface area contributed by atoms with Gasteiger partial charge in [-0.3, -0.25) is 4.98 Å². The second kappa shape index (κ2) is 3.93. The molecule has 0 N–H and O–H groups in total. The lowest BCUT2D eigenvalue weighted by Crippen LogP contribution is -1.98. The largest absolute Gasteiger partial charge is 0.378 e. The van der Waals surface area contributed by atoms with Crippen molar-refractivity contribution in [3.63, 3.8) is 0 Å². The quantitative estimate of drug-likeness (QED) is 0.693. The molecule has 2 aromatic rings. The highest BCUT2D eigenvalue weighted by Gasteiger charge is 1.99. The summed E-state index contributed by atoms with van der Waals surface area (Å²) in [6.07, 6.45) is 3.23. The van der Waals surface area contributed by atoms with E-state index in [1.807, 2.05) is 12.1 Å². The van der Waals surface area contributed by atoms with Gasteiger partial charge in [0.2, 0.25) is 0 Å². The van der Waals surface area contributed by atoms with Crippen LogP contribution < -0.4 is 0 Å². The fraction of sp³-hybridized carbons (Fsp3) is 0.250. The van der Waals surface area contributed by atoms with Crippen LogP contribution in [0.25, 0.3) is 5.69 Å². The molecule has 0 unspecified atom stereocenters. The molecule has 2 rings (SSSR count). The lowest BCUT2D eigenvalue weighted by molar-refractivity contribution is 0.181. The van der Waals surface area contributed by atoms with Crippen molar-refractivity contribution in [2.24, 2.45) is 0 Å². The highest BCUT2D eigenvalue weighted by Crippen LogP contribution is 2.06. The number of rotatable bonds is 3. The van der Waals surface area contributed by atoms with E-state index in [2.05, 4.69) is 20.5 Å². The van der Waals surface area contributed by atoms with Crippen molar-refractivity contribution >= 4 is 0 Å². The Kier molecular flexibility index (Phi) is 2.46. The minimum absolute atomic E-state index is 0.482. The first kappa shape index (κ1) is 8.76. The number of aromatic nitrogens is 5. The zero-order valence-corrected chi connectivity index (χ0v) is 7.66. The minimum Gasteiger partial charge on any atom is -0.378 e. The van der Waals surface area contributed by atoms with Crippen LogP contribution in [0.4, 0.5) is 0 Å². The van der Waals surface area contributed by atoms with Crippen molar-refractivity contribution in [3.05, 3.63) is 30.4 Å². The second-order valence-electron chi connectivity index (χ2n) is 2.69. The number of hydrogen-bond donors (Lipinski definition) is 0. The normalized spacial score (nSPS) is 10.4. The van der Waals surface area contributed by atoms with E-state index in [9.17, 15) is 0 Å². The topological polar surface area (TPSA) is 65.7 Å². The van der Waals surface area contributed by atoms with Crippen LogP contribution in [-0.4, -0.2) is 32.3 Å². The summed E-state index contributed by atoms with van der Waals surface area (Å²) < 4.78 is 6.55. The first-order valence-electron chi connectivity index (χ1n) is 4.07. The van der Waals surface area contributed by atoms with E-state index in [1.54, 1.807) is 18.0 Å². The van der Waals surface area contributed by atoms with Gasteiger partial charge in [-0.2, -0.15) is 0 Å². The van der Waals surface area contributed by atoms with Crippen LogP contribution in [-0.2, 0) is 11.3 Å². The monoisotopic (exact) mass is 191 g/mol. The van der Waals surface area contributed by atoms with Crippen molar-refractivity contribution < 1.29 is 4.74 Å². The third-order valence-corrected chi connectivity index (χ3v) is 1.71. The van der Waals surface area contributed by atoms with Crippen LogP contribution in [0.2, 0.25) is 0 Å². The SMILES string of the molecule is COCc1cc(-n2cnnn2)ccn1. The molecule has 0 bridgehead atoms. The highest BCUT2D eigenvalue weighted by atomic mass is 16.5. The second-order valence-corrected chi connectivity index (χ2v) is 2.69. The van der Waals surface area contributed by atoms with Gasteiger partial charge in [0.1, 0.15) is 6.33 Å². The number of nitrogens with zero attached hydrogens (tertiary/aromatic N) is 5. The number of tetrazole rings is 1. The molecule has 0 saturated carbocycles. The molecular weight excluding hydrogens is 182 g/mol. The zero-order chi connectivity index (χ0) is 9.80. The summed E-state index contributed by atoms with van der Waals surface area (Å²) in [6.45, 7) is 0.482.